The lowest BCUT2D eigenvalue weighted by molar-refractivity contribution is -0.151. The lowest BCUT2D eigenvalue weighted by Crippen LogP contribution is -2.46. The van der Waals surface area contributed by atoms with Crippen molar-refractivity contribution in [2.24, 2.45) is 5.92 Å². The van der Waals surface area contributed by atoms with Gasteiger partial charge in [0.15, 0.2) is 0 Å². The number of likely N-dealkylation sites (tertiary alicyclic amines) is 1. The highest BCUT2D eigenvalue weighted by atomic mass is 16.5. The van der Waals surface area contributed by atoms with Crippen molar-refractivity contribution in [3.63, 3.8) is 0 Å². The molecule has 0 spiro atoms. The van der Waals surface area contributed by atoms with Crippen LogP contribution in [0.5, 0.6) is 0 Å². The number of carbonyl (C=O) groups is 2. The third kappa shape index (κ3) is 4.17. The molecule has 8 nitrogen and oxygen atoms in total. The molecule has 0 aliphatic carbocycles. The number of carbonyl (C=O) groups excluding carboxylic acids is 2. The summed E-state index contributed by atoms with van der Waals surface area (Å²) < 4.78 is 7.70. The van der Waals surface area contributed by atoms with Crippen LogP contribution in [0, 0.1) is 5.92 Å². The molecule has 1 fully saturated rings. The van der Waals surface area contributed by atoms with Gasteiger partial charge in [-0.3, -0.25) is 23.5 Å². The average Bonchev–Trinajstić information content (AvgIpc) is 2.76. The quantitative estimate of drug-likeness (QED) is 0.673. The highest BCUT2D eigenvalue weighted by Gasteiger charge is 2.29. The fraction of sp³-hybridized carbons (Fsp3) is 0.545. The zero-order valence-corrected chi connectivity index (χ0v) is 17.8. The Morgan fingerprint density at radius 1 is 1.13 bits per heavy atom. The minimum atomic E-state index is -0.470. The van der Waals surface area contributed by atoms with Crippen LogP contribution in [0.3, 0.4) is 0 Å². The summed E-state index contributed by atoms with van der Waals surface area (Å²) >= 11 is 0. The second-order valence-electron chi connectivity index (χ2n) is 7.73. The Balaban J connectivity index is 1.87. The van der Waals surface area contributed by atoms with Gasteiger partial charge in [-0.05, 0) is 45.2 Å². The molecule has 8 heteroatoms. The molecule has 0 saturated carbocycles. The van der Waals surface area contributed by atoms with E-state index in [0.29, 0.717) is 49.9 Å². The first kappa shape index (κ1) is 21.8. The van der Waals surface area contributed by atoms with E-state index in [1.54, 1.807) is 36.1 Å². The van der Waals surface area contributed by atoms with Crippen molar-refractivity contribution >= 4 is 22.8 Å². The molecule has 1 atom stereocenters. The Kier molecular flexibility index (Phi) is 6.74. The molecule has 1 aliphatic rings. The molecule has 162 valence electrons. The van der Waals surface area contributed by atoms with Gasteiger partial charge in [-0.15, -0.1) is 0 Å². The van der Waals surface area contributed by atoms with E-state index < -0.39 is 5.69 Å². The monoisotopic (exact) mass is 415 g/mol. The van der Waals surface area contributed by atoms with Crippen LogP contribution >= 0.6 is 0 Å². The van der Waals surface area contributed by atoms with Crippen LogP contribution in [-0.4, -0.2) is 45.6 Å². The van der Waals surface area contributed by atoms with Crippen LogP contribution in [0.25, 0.3) is 10.9 Å². The number of nitrogens with zero attached hydrogens (tertiary/aromatic N) is 3. The molecule has 0 bridgehead atoms. The van der Waals surface area contributed by atoms with Crippen LogP contribution < -0.4 is 11.2 Å². The van der Waals surface area contributed by atoms with Crippen molar-refractivity contribution in [3.8, 4) is 0 Å². The number of piperidine rings is 1. The third-order valence-electron chi connectivity index (χ3n) is 5.87. The summed E-state index contributed by atoms with van der Waals surface area (Å²) in [6.07, 6.45) is 1.72. The molecular weight excluding hydrogens is 386 g/mol. The summed E-state index contributed by atoms with van der Waals surface area (Å²) in [5, 5.41) is 0.422. The lowest BCUT2D eigenvalue weighted by Gasteiger charge is -2.31. The van der Waals surface area contributed by atoms with Gasteiger partial charge in [-0.2, -0.15) is 0 Å². The predicted molar refractivity (Wildman–Crippen MR) is 113 cm³/mol. The molecule has 1 unspecified atom stereocenters. The van der Waals surface area contributed by atoms with Gasteiger partial charge in [0, 0.05) is 19.1 Å². The standard InChI is InChI=1S/C22H29N3O5/c1-4-15(3)25-20(27)17-8-6-7-9-18(17)24(22(25)29)14-19(26)23-12-10-16(11-13-23)21(28)30-5-2/h6-9,15-16H,4-5,10-14H2,1-3H3. The molecule has 1 aromatic carbocycles. The average molecular weight is 415 g/mol. The van der Waals surface area contributed by atoms with E-state index in [9.17, 15) is 19.2 Å². The van der Waals surface area contributed by atoms with E-state index >= 15 is 0 Å². The van der Waals surface area contributed by atoms with Gasteiger partial charge in [-0.1, -0.05) is 19.1 Å². The van der Waals surface area contributed by atoms with E-state index in [-0.39, 0.29) is 35.9 Å². The van der Waals surface area contributed by atoms with Gasteiger partial charge in [-0.25, -0.2) is 4.79 Å². The van der Waals surface area contributed by atoms with E-state index in [1.165, 1.54) is 9.13 Å². The maximum Gasteiger partial charge on any atom is 0.332 e. The zero-order chi connectivity index (χ0) is 21.8. The van der Waals surface area contributed by atoms with E-state index in [1.807, 2.05) is 13.8 Å². The van der Waals surface area contributed by atoms with Crippen molar-refractivity contribution in [2.75, 3.05) is 19.7 Å². The summed E-state index contributed by atoms with van der Waals surface area (Å²) in [7, 11) is 0. The number of ether oxygens (including phenoxy) is 1. The van der Waals surface area contributed by atoms with Gasteiger partial charge in [0.25, 0.3) is 5.56 Å². The third-order valence-corrected chi connectivity index (χ3v) is 5.87. The molecule has 1 aliphatic heterocycles. The number of amides is 1. The molecular formula is C22H29N3O5. The van der Waals surface area contributed by atoms with E-state index in [0.717, 1.165) is 0 Å². The number of rotatable bonds is 6. The molecule has 0 N–H and O–H groups in total. The van der Waals surface area contributed by atoms with Crippen LogP contribution in [0.1, 0.15) is 46.1 Å². The predicted octanol–water partition coefficient (Wildman–Crippen LogP) is 1.94. The summed E-state index contributed by atoms with van der Waals surface area (Å²) in [5.41, 5.74) is -0.339. The minimum absolute atomic E-state index is 0.139. The summed E-state index contributed by atoms with van der Waals surface area (Å²) in [6, 6.07) is 6.61. The van der Waals surface area contributed by atoms with Crippen LogP contribution in [-0.2, 0) is 20.9 Å². The first-order valence-electron chi connectivity index (χ1n) is 10.6. The molecule has 30 heavy (non-hydrogen) atoms. The number of hydrogen-bond donors (Lipinski definition) is 0. The first-order chi connectivity index (χ1) is 14.4. The minimum Gasteiger partial charge on any atom is -0.466 e. The highest BCUT2D eigenvalue weighted by molar-refractivity contribution is 5.82. The Morgan fingerprint density at radius 2 is 1.80 bits per heavy atom. The molecule has 3 rings (SSSR count). The van der Waals surface area contributed by atoms with Crippen molar-refractivity contribution in [1.29, 1.82) is 0 Å². The van der Waals surface area contributed by atoms with E-state index in [2.05, 4.69) is 0 Å². The van der Waals surface area contributed by atoms with E-state index in [4.69, 9.17) is 4.74 Å². The van der Waals surface area contributed by atoms with Crippen LogP contribution in [0.15, 0.2) is 33.9 Å². The van der Waals surface area contributed by atoms with Gasteiger partial charge >= 0.3 is 11.7 Å². The number of esters is 1. The Bertz CT molecular complexity index is 1050. The van der Waals surface area contributed by atoms with Gasteiger partial charge in [0.1, 0.15) is 6.54 Å². The summed E-state index contributed by atoms with van der Waals surface area (Å²) in [6.45, 7) is 6.61. The first-order valence-corrected chi connectivity index (χ1v) is 10.6. The topological polar surface area (TPSA) is 90.6 Å². The highest BCUT2D eigenvalue weighted by Crippen LogP contribution is 2.19. The van der Waals surface area contributed by atoms with Gasteiger partial charge < -0.3 is 9.64 Å². The zero-order valence-electron chi connectivity index (χ0n) is 17.8. The fourth-order valence-corrected chi connectivity index (χ4v) is 3.92. The van der Waals surface area contributed by atoms with Crippen molar-refractivity contribution in [2.45, 2.75) is 52.6 Å². The Hall–Kier alpha value is -2.90. The van der Waals surface area contributed by atoms with Crippen LogP contribution in [0.2, 0.25) is 0 Å². The fourth-order valence-electron chi connectivity index (χ4n) is 3.92. The second-order valence-corrected chi connectivity index (χ2v) is 7.73. The Morgan fingerprint density at radius 3 is 2.43 bits per heavy atom. The van der Waals surface area contributed by atoms with Crippen molar-refractivity contribution in [3.05, 3.63) is 45.1 Å². The van der Waals surface area contributed by atoms with Gasteiger partial charge in [0.2, 0.25) is 5.91 Å². The van der Waals surface area contributed by atoms with Crippen molar-refractivity contribution < 1.29 is 14.3 Å². The maximum atomic E-state index is 13.1. The van der Waals surface area contributed by atoms with Crippen molar-refractivity contribution in [1.82, 2.24) is 14.0 Å². The Labute approximate surface area is 175 Å². The smallest absolute Gasteiger partial charge is 0.332 e. The molecule has 2 heterocycles. The second kappa shape index (κ2) is 9.28. The summed E-state index contributed by atoms with van der Waals surface area (Å²) in [5.74, 6) is -0.601. The molecule has 1 amide bonds. The molecule has 2 aromatic rings. The lowest BCUT2D eigenvalue weighted by atomic mass is 9.97. The normalized spacial score (nSPS) is 15.9. The molecule has 1 saturated heterocycles. The number of hydrogen-bond acceptors (Lipinski definition) is 5. The number of fused-ring (bicyclic) bond motifs is 1. The number of benzene rings is 1. The molecule has 0 radical (unpaired) electrons. The van der Waals surface area contributed by atoms with Crippen LogP contribution in [0.4, 0.5) is 0 Å². The maximum absolute atomic E-state index is 13.1. The van der Waals surface area contributed by atoms with Gasteiger partial charge in [0.05, 0.1) is 23.4 Å². The summed E-state index contributed by atoms with van der Waals surface area (Å²) in [4.78, 5) is 52.5. The number of aromatic nitrogens is 2. The molecule has 1 aromatic heterocycles. The largest absolute Gasteiger partial charge is 0.466 e. The SMILES string of the molecule is CCOC(=O)C1CCN(C(=O)Cn2c(=O)n(C(C)CC)c(=O)c3ccccc32)CC1. The number of para-hydroxylation sites is 1.